The summed E-state index contributed by atoms with van der Waals surface area (Å²) in [5.41, 5.74) is -0.423. The topological polar surface area (TPSA) is 61.4 Å². The lowest BCUT2D eigenvalue weighted by molar-refractivity contribution is -0.123. The second-order valence-electron chi connectivity index (χ2n) is 4.57. The van der Waals surface area contributed by atoms with Gasteiger partial charge in [0.05, 0.1) is 12.6 Å². The zero-order valence-corrected chi connectivity index (χ0v) is 9.72. The smallest absolute Gasteiger partial charge is 0.237 e. The Labute approximate surface area is 86.1 Å². The maximum Gasteiger partial charge on any atom is 0.237 e. The Morgan fingerprint density at radius 3 is 2.21 bits per heavy atom. The molecule has 0 aliphatic heterocycles. The molecule has 0 aliphatic carbocycles. The zero-order valence-electron chi connectivity index (χ0n) is 9.72. The highest BCUT2D eigenvalue weighted by molar-refractivity contribution is 5.81. The average molecular weight is 202 g/mol. The largest absolute Gasteiger partial charge is 0.394 e. The zero-order chi connectivity index (χ0) is 11.4. The van der Waals surface area contributed by atoms with Gasteiger partial charge in [-0.1, -0.05) is 0 Å². The van der Waals surface area contributed by atoms with Crippen molar-refractivity contribution < 1.29 is 9.90 Å². The van der Waals surface area contributed by atoms with E-state index in [1.807, 2.05) is 27.7 Å². The van der Waals surface area contributed by atoms with E-state index in [1.165, 1.54) is 0 Å². The second-order valence-corrected chi connectivity index (χ2v) is 4.57. The van der Waals surface area contributed by atoms with Crippen LogP contribution in [0.4, 0.5) is 0 Å². The second kappa shape index (κ2) is 5.32. The molecule has 0 spiro atoms. The van der Waals surface area contributed by atoms with Crippen LogP contribution >= 0.6 is 0 Å². The first-order valence-corrected chi connectivity index (χ1v) is 4.97. The van der Waals surface area contributed by atoms with E-state index in [2.05, 4.69) is 10.6 Å². The number of hydrogen-bond acceptors (Lipinski definition) is 3. The fraction of sp³-hybridized carbons (Fsp3) is 0.900. The van der Waals surface area contributed by atoms with Crippen molar-refractivity contribution in [2.24, 2.45) is 0 Å². The molecule has 0 radical (unpaired) electrons. The van der Waals surface area contributed by atoms with Gasteiger partial charge in [0.15, 0.2) is 0 Å². The standard InChI is InChI=1S/C10H22N2O2/c1-7(2)11-9(14)8(3)12-10(4,5)6-13/h7-8,12-13H,6H2,1-5H3,(H,11,14). The van der Waals surface area contributed by atoms with E-state index in [4.69, 9.17) is 5.11 Å². The summed E-state index contributed by atoms with van der Waals surface area (Å²) in [7, 11) is 0. The Morgan fingerprint density at radius 1 is 1.36 bits per heavy atom. The number of rotatable bonds is 5. The number of amides is 1. The number of aliphatic hydroxyl groups is 1. The minimum absolute atomic E-state index is 0.00625. The summed E-state index contributed by atoms with van der Waals surface area (Å²) >= 11 is 0. The van der Waals surface area contributed by atoms with Crippen LogP contribution in [0.15, 0.2) is 0 Å². The van der Waals surface area contributed by atoms with Crippen molar-refractivity contribution in [3.05, 3.63) is 0 Å². The first-order chi connectivity index (χ1) is 6.28. The molecule has 0 aromatic heterocycles. The van der Waals surface area contributed by atoms with E-state index >= 15 is 0 Å². The normalized spacial score (nSPS) is 14.2. The van der Waals surface area contributed by atoms with Crippen molar-refractivity contribution in [1.29, 1.82) is 0 Å². The number of aliphatic hydroxyl groups excluding tert-OH is 1. The molecule has 0 rings (SSSR count). The monoisotopic (exact) mass is 202 g/mol. The molecular formula is C10H22N2O2. The van der Waals surface area contributed by atoms with Gasteiger partial charge in [-0.25, -0.2) is 0 Å². The summed E-state index contributed by atoms with van der Waals surface area (Å²) in [6, 6.07) is -0.150. The predicted octanol–water partition coefficient (Wildman–Crippen LogP) is 0.260. The van der Waals surface area contributed by atoms with Crippen molar-refractivity contribution in [2.45, 2.75) is 52.2 Å². The Balaban J connectivity index is 4.07. The van der Waals surface area contributed by atoms with Gasteiger partial charge in [0.1, 0.15) is 0 Å². The molecule has 1 amide bonds. The molecule has 4 heteroatoms. The summed E-state index contributed by atoms with van der Waals surface area (Å²) in [6.45, 7) is 9.34. The first kappa shape index (κ1) is 13.4. The first-order valence-electron chi connectivity index (χ1n) is 4.97. The number of carbonyl (C=O) groups excluding carboxylic acids is 1. The lowest BCUT2D eigenvalue weighted by Gasteiger charge is -2.28. The van der Waals surface area contributed by atoms with Gasteiger partial charge in [-0.05, 0) is 34.6 Å². The minimum atomic E-state index is -0.423. The molecule has 0 aromatic carbocycles. The van der Waals surface area contributed by atoms with Gasteiger partial charge in [0.2, 0.25) is 5.91 Å². The fourth-order valence-corrected chi connectivity index (χ4v) is 1.11. The summed E-state index contributed by atoms with van der Waals surface area (Å²) < 4.78 is 0. The molecule has 0 heterocycles. The van der Waals surface area contributed by atoms with Crippen LogP contribution in [0.3, 0.4) is 0 Å². The average Bonchev–Trinajstić information content (AvgIpc) is 2.02. The molecular weight excluding hydrogens is 180 g/mol. The van der Waals surface area contributed by atoms with Crippen LogP contribution in [0, 0.1) is 0 Å². The fourth-order valence-electron chi connectivity index (χ4n) is 1.11. The highest BCUT2D eigenvalue weighted by Crippen LogP contribution is 2.01. The third kappa shape index (κ3) is 5.19. The van der Waals surface area contributed by atoms with E-state index in [0.717, 1.165) is 0 Å². The van der Waals surface area contributed by atoms with Gasteiger partial charge < -0.3 is 10.4 Å². The van der Waals surface area contributed by atoms with E-state index < -0.39 is 5.54 Å². The molecule has 1 unspecified atom stereocenters. The molecule has 0 aromatic rings. The number of hydrogen-bond donors (Lipinski definition) is 3. The number of carbonyl (C=O) groups is 1. The molecule has 4 nitrogen and oxygen atoms in total. The van der Waals surface area contributed by atoms with Crippen molar-refractivity contribution in [2.75, 3.05) is 6.61 Å². The van der Waals surface area contributed by atoms with Gasteiger partial charge in [-0.3, -0.25) is 10.1 Å². The molecule has 14 heavy (non-hydrogen) atoms. The maximum absolute atomic E-state index is 11.5. The Hall–Kier alpha value is -0.610. The lowest BCUT2D eigenvalue weighted by Crippen LogP contribution is -2.54. The molecule has 0 saturated heterocycles. The van der Waals surface area contributed by atoms with Gasteiger partial charge in [-0.2, -0.15) is 0 Å². The Morgan fingerprint density at radius 2 is 1.86 bits per heavy atom. The summed E-state index contributed by atoms with van der Waals surface area (Å²) in [4.78, 5) is 11.5. The Kier molecular flexibility index (Phi) is 5.08. The molecule has 0 aliphatic rings. The maximum atomic E-state index is 11.5. The van der Waals surface area contributed by atoms with Crippen molar-refractivity contribution >= 4 is 5.91 Å². The quantitative estimate of drug-likeness (QED) is 0.599. The van der Waals surface area contributed by atoms with Crippen LogP contribution in [0.5, 0.6) is 0 Å². The van der Waals surface area contributed by atoms with Gasteiger partial charge in [-0.15, -0.1) is 0 Å². The van der Waals surface area contributed by atoms with Crippen molar-refractivity contribution in [3.8, 4) is 0 Å². The summed E-state index contributed by atoms with van der Waals surface area (Å²) in [5.74, 6) is -0.0403. The molecule has 1 atom stereocenters. The van der Waals surface area contributed by atoms with Crippen LogP contribution in [0.1, 0.15) is 34.6 Å². The van der Waals surface area contributed by atoms with Crippen molar-refractivity contribution in [1.82, 2.24) is 10.6 Å². The van der Waals surface area contributed by atoms with Crippen LogP contribution in [0.2, 0.25) is 0 Å². The molecule has 0 bridgehead atoms. The SMILES string of the molecule is CC(C)NC(=O)C(C)NC(C)(C)CO. The third-order valence-corrected chi connectivity index (χ3v) is 1.83. The van der Waals surface area contributed by atoms with Gasteiger partial charge in [0, 0.05) is 11.6 Å². The van der Waals surface area contributed by atoms with Gasteiger partial charge >= 0.3 is 0 Å². The lowest BCUT2D eigenvalue weighted by atomic mass is 10.1. The van der Waals surface area contributed by atoms with E-state index in [0.29, 0.717) is 0 Å². The minimum Gasteiger partial charge on any atom is -0.394 e. The third-order valence-electron chi connectivity index (χ3n) is 1.83. The van der Waals surface area contributed by atoms with E-state index in [1.54, 1.807) is 6.92 Å². The molecule has 3 N–H and O–H groups in total. The van der Waals surface area contributed by atoms with Gasteiger partial charge in [0.25, 0.3) is 0 Å². The van der Waals surface area contributed by atoms with E-state index in [9.17, 15) is 4.79 Å². The molecule has 0 saturated carbocycles. The molecule has 84 valence electrons. The van der Waals surface area contributed by atoms with Crippen LogP contribution in [-0.2, 0) is 4.79 Å². The van der Waals surface area contributed by atoms with Crippen LogP contribution in [-0.4, -0.2) is 35.2 Å². The number of nitrogens with one attached hydrogen (secondary N) is 2. The Bertz CT molecular complexity index is 191. The van der Waals surface area contributed by atoms with Crippen LogP contribution < -0.4 is 10.6 Å². The summed E-state index contributed by atoms with van der Waals surface area (Å²) in [5, 5.41) is 14.9. The predicted molar refractivity (Wildman–Crippen MR) is 57.0 cm³/mol. The molecule has 0 fully saturated rings. The van der Waals surface area contributed by atoms with E-state index in [-0.39, 0.29) is 24.6 Å². The highest BCUT2D eigenvalue weighted by atomic mass is 16.3. The summed E-state index contributed by atoms with van der Waals surface area (Å²) in [6.07, 6.45) is 0. The van der Waals surface area contributed by atoms with Crippen LogP contribution in [0.25, 0.3) is 0 Å². The highest BCUT2D eigenvalue weighted by Gasteiger charge is 2.22. The van der Waals surface area contributed by atoms with Crippen molar-refractivity contribution in [3.63, 3.8) is 0 Å².